The highest BCUT2D eigenvalue weighted by molar-refractivity contribution is 5.94. The number of fused-ring (bicyclic) bond motifs is 1. The van der Waals surface area contributed by atoms with E-state index in [1.165, 1.54) is 28.5 Å². The third-order valence-electron chi connectivity index (χ3n) is 5.02. The van der Waals surface area contributed by atoms with Crippen molar-refractivity contribution in [2.45, 2.75) is 45.6 Å². The molecule has 1 aromatic carbocycles. The lowest BCUT2D eigenvalue weighted by Gasteiger charge is -2.20. The first-order chi connectivity index (χ1) is 11.5. The molecule has 0 saturated carbocycles. The first-order valence-electron chi connectivity index (χ1n) is 8.56. The molecule has 0 spiro atoms. The van der Waals surface area contributed by atoms with E-state index in [4.69, 9.17) is 0 Å². The Labute approximate surface area is 142 Å². The molecule has 1 aliphatic carbocycles. The van der Waals surface area contributed by atoms with E-state index < -0.39 is 0 Å². The average Bonchev–Trinajstić information content (AvgIpc) is 2.59. The molecule has 4 nitrogen and oxygen atoms in total. The number of carbonyl (C=O) groups is 1. The van der Waals surface area contributed by atoms with E-state index in [0.29, 0.717) is 0 Å². The van der Waals surface area contributed by atoms with Crippen LogP contribution in [-0.2, 0) is 19.9 Å². The maximum Gasteiger partial charge on any atom is 0.263 e. The Morgan fingerprint density at radius 3 is 2.58 bits per heavy atom. The van der Waals surface area contributed by atoms with E-state index >= 15 is 0 Å². The molecule has 1 heterocycles. The van der Waals surface area contributed by atoms with Gasteiger partial charge >= 0.3 is 0 Å². The van der Waals surface area contributed by atoms with Crippen molar-refractivity contribution in [3.63, 3.8) is 0 Å². The molecule has 24 heavy (non-hydrogen) atoms. The number of nitrogens with one attached hydrogen (secondary N) is 1. The Morgan fingerprint density at radius 1 is 1.12 bits per heavy atom. The maximum absolute atomic E-state index is 12.5. The molecular formula is C20H24N2O2. The Hall–Kier alpha value is -2.36. The summed E-state index contributed by atoms with van der Waals surface area (Å²) in [5.74, 6) is -0.319. The summed E-state index contributed by atoms with van der Waals surface area (Å²) in [6.45, 7) is 3.81. The Bertz CT molecular complexity index is 836. The van der Waals surface area contributed by atoms with Crippen molar-refractivity contribution in [2.75, 3.05) is 0 Å². The summed E-state index contributed by atoms with van der Waals surface area (Å²) in [5.41, 5.74) is 4.67. The number of benzene rings is 1. The van der Waals surface area contributed by atoms with Crippen LogP contribution in [0.3, 0.4) is 0 Å². The minimum atomic E-state index is -0.319. The van der Waals surface area contributed by atoms with Gasteiger partial charge in [0.2, 0.25) is 0 Å². The Kier molecular flexibility index (Phi) is 4.56. The molecule has 1 aliphatic rings. The SMILES string of the molecule is Cc1ccc(C(=O)N[C@@H](C)c2ccc3c(c2)CCCC3)c(=O)n1C. The van der Waals surface area contributed by atoms with Crippen LogP contribution in [0.2, 0.25) is 0 Å². The van der Waals surface area contributed by atoms with Crippen LogP contribution in [-0.4, -0.2) is 10.5 Å². The summed E-state index contributed by atoms with van der Waals surface area (Å²) in [5, 5.41) is 2.95. The van der Waals surface area contributed by atoms with Gasteiger partial charge in [0.15, 0.2) is 0 Å². The fourth-order valence-corrected chi connectivity index (χ4v) is 3.28. The van der Waals surface area contributed by atoms with Gasteiger partial charge in [-0.25, -0.2) is 0 Å². The zero-order chi connectivity index (χ0) is 17.3. The van der Waals surface area contributed by atoms with Gasteiger partial charge in [0.05, 0.1) is 6.04 Å². The predicted octanol–water partition coefficient (Wildman–Crippen LogP) is 3.06. The number of pyridine rings is 1. The fraction of sp³-hybridized carbons (Fsp3) is 0.400. The number of aryl methyl sites for hydroxylation is 3. The number of nitrogens with zero attached hydrogens (tertiary/aromatic N) is 1. The predicted molar refractivity (Wildman–Crippen MR) is 95.4 cm³/mol. The minimum absolute atomic E-state index is 0.129. The summed E-state index contributed by atoms with van der Waals surface area (Å²) in [7, 11) is 1.68. The van der Waals surface area contributed by atoms with Gasteiger partial charge in [-0.15, -0.1) is 0 Å². The molecule has 1 atom stereocenters. The first kappa shape index (κ1) is 16.5. The Balaban J connectivity index is 1.80. The number of carbonyl (C=O) groups excluding carboxylic acids is 1. The molecule has 0 fully saturated rings. The van der Waals surface area contributed by atoms with Crippen molar-refractivity contribution >= 4 is 5.91 Å². The van der Waals surface area contributed by atoms with Crippen LogP contribution in [0.25, 0.3) is 0 Å². The maximum atomic E-state index is 12.5. The molecule has 1 N–H and O–H groups in total. The van der Waals surface area contributed by atoms with Gasteiger partial charge in [-0.05, 0) is 68.4 Å². The lowest BCUT2D eigenvalue weighted by molar-refractivity contribution is 0.0938. The van der Waals surface area contributed by atoms with Crippen LogP contribution in [0.1, 0.15) is 58.5 Å². The highest BCUT2D eigenvalue weighted by Gasteiger charge is 2.17. The highest BCUT2D eigenvalue weighted by Crippen LogP contribution is 2.24. The second kappa shape index (κ2) is 6.63. The number of hydrogen-bond donors (Lipinski definition) is 1. The van der Waals surface area contributed by atoms with E-state index in [9.17, 15) is 9.59 Å². The standard InChI is InChI=1S/C20H24N2O2/c1-13-8-11-18(20(24)22(13)3)19(23)21-14(2)16-10-9-15-6-4-5-7-17(15)12-16/h8-12,14H,4-7H2,1-3H3,(H,21,23)/t14-/m0/s1. The minimum Gasteiger partial charge on any atom is -0.345 e. The van der Waals surface area contributed by atoms with Gasteiger partial charge in [-0.2, -0.15) is 0 Å². The van der Waals surface area contributed by atoms with Crippen molar-refractivity contribution in [2.24, 2.45) is 7.05 Å². The number of amides is 1. The molecule has 126 valence electrons. The monoisotopic (exact) mass is 324 g/mol. The van der Waals surface area contributed by atoms with Gasteiger partial charge in [0, 0.05) is 12.7 Å². The summed E-state index contributed by atoms with van der Waals surface area (Å²) in [4.78, 5) is 24.7. The molecule has 0 unspecified atom stereocenters. The van der Waals surface area contributed by atoms with Crippen molar-refractivity contribution in [3.05, 3.63) is 68.6 Å². The zero-order valence-electron chi connectivity index (χ0n) is 14.6. The quantitative estimate of drug-likeness (QED) is 0.943. The van der Waals surface area contributed by atoms with E-state index in [0.717, 1.165) is 24.1 Å². The Morgan fingerprint density at radius 2 is 1.83 bits per heavy atom. The zero-order valence-corrected chi connectivity index (χ0v) is 14.6. The molecule has 0 aliphatic heterocycles. The summed E-state index contributed by atoms with van der Waals surface area (Å²) < 4.78 is 1.50. The van der Waals surface area contributed by atoms with E-state index in [1.54, 1.807) is 19.2 Å². The smallest absolute Gasteiger partial charge is 0.263 e. The molecule has 0 radical (unpaired) electrons. The van der Waals surface area contributed by atoms with Gasteiger partial charge in [-0.3, -0.25) is 9.59 Å². The summed E-state index contributed by atoms with van der Waals surface area (Å²) in [6.07, 6.45) is 4.75. The third-order valence-corrected chi connectivity index (χ3v) is 5.02. The molecule has 1 aromatic heterocycles. The van der Waals surface area contributed by atoms with Crippen molar-refractivity contribution in [1.82, 2.24) is 9.88 Å². The van der Waals surface area contributed by atoms with Gasteiger partial charge in [-0.1, -0.05) is 18.2 Å². The number of hydrogen-bond acceptors (Lipinski definition) is 2. The van der Waals surface area contributed by atoms with E-state index in [-0.39, 0.29) is 23.1 Å². The van der Waals surface area contributed by atoms with Crippen molar-refractivity contribution < 1.29 is 4.79 Å². The molecule has 4 heteroatoms. The van der Waals surface area contributed by atoms with Crippen LogP contribution in [0, 0.1) is 6.92 Å². The van der Waals surface area contributed by atoms with Crippen LogP contribution in [0.15, 0.2) is 35.1 Å². The first-order valence-corrected chi connectivity index (χ1v) is 8.56. The average molecular weight is 324 g/mol. The molecule has 1 amide bonds. The third kappa shape index (κ3) is 3.14. The summed E-state index contributed by atoms with van der Waals surface area (Å²) in [6, 6.07) is 9.73. The molecule has 2 aromatic rings. The fourth-order valence-electron chi connectivity index (χ4n) is 3.28. The van der Waals surface area contributed by atoms with Gasteiger partial charge in [0.25, 0.3) is 11.5 Å². The van der Waals surface area contributed by atoms with Crippen LogP contribution in [0.4, 0.5) is 0 Å². The van der Waals surface area contributed by atoms with Crippen LogP contribution < -0.4 is 10.9 Å². The summed E-state index contributed by atoms with van der Waals surface area (Å²) >= 11 is 0. The molecule has 3 rings (SSSR count). The largest absolute Gasteiger partial charge is 0.345 e. The van der Waals surface area contributed by atoms with E-state index in [1.807, 2.05) is 13.8 Å². The van der Waals surface area contributed by atoms with Crippen molar-refractivity contribution in [1.29, 1.82) is 0 Å². The lowest BCUT2D eigenvalue weighted by Crippen LogP contribution is -2.34. The van der Waals surface area contributed by atoms with Crippen LogP contribution >= 0.6 is 0 Å². The molecular weight excluding hydrogens is 300 g/mol. The van der Waals surface area contributed by atoms with Crippen LogP contribution in [0.5, 0.6) is 0 Å². The molecule has 0 saturated heterocycles. The van der Waals surface area contributed by atoms with Gasteiger partial charge in [0.1, 0.15) is 5.56 Å². The lowest BCUT2D eigenvalue weighted by atomic mass is 9.89. The topological polar surface area (TPSA) is 51.1 Å². The second-order valence-electron chi connectivity index (χ2n) is 6.68. The normalized spacial score (nSPS) is 14.8. The molecule has 0 bridgehead atoms. The van der Waals surface area contributed by atoms with E-state index in [2.05, 4.69) is 23.5 Å². The number of aromatic nitrogens is 1. The highest BCUT2D eigenvalue weighted by atomic mass is 16.2. The number of rotatable bonds is 3. The van der Waals surface area contributed by atoms with Gasteiger partial charge < -0.3 is 9.88 Å². The second-order valence-corrected chi connectivity index (χ2v) is 6.68. The van der Waals surface area contributed by atoms with Crippen molar-refractivity contribution in [3.8, 4) is 0 Å².